The average molecular weight is 598 g/mol. The standard InChI is InChI=1S/C39H23N3O4/c40-18-25-12-14-30-35-27(20-42)17-32(39(44)46-22-24-9-5-2-6-10-24)34-26(19-41)11-13-29(37(34)35)28-15-16-31(33(25)36(28)30)38(43)45-21-23-7-3-1-4-8-23/h1-15,17,31H,16,21-22H2. The van der Waals surface area contributed by atoms with Crippen LogP contribution in [0.5, 0.6) is 0 Å². The van der Waals surface area contributed by atoms with Crippen molar-refractivity contribution in [1.82, 2.24) is 0 Å². The number of hydrogen-bond donors (Lipinski definition) is 0. The molecule has 218 valence electrons. The molecule has 0 aliphatic heterocycles. The van der Waals surface area contributed by atoms with Gasteiger partial charge in [0.05, 0.1) is 46.4 Å². The van der Waals surface area contributed by atoms with Gasteiger partial charge in [0.25, 0.3) is 0 Å². The second kappa shape index (κ2) is 11.5. The van der Waals surface area contributed by atoms with Gasteiger partial charge in [-0.15, -0.1) is 0 Å². The van der Waals surface area contributed by atoms with Crippen molar-refractivity contribution in [2.45, 2.75) is 25.6 Å². The lowest BCUT2D eigenvalue weighted by Crippen LogP contribution is -2.24. The van der Waals surface area contributed by atoms with Gasteiger partial charge in [-0.3, -0.25) is 4.79 Å². The Morgan fingerprint density at radius 1 is 0.652 bits per heavy atom. The van der Waals surface area contributed by atoms with Gasteiger partial charge in [0.1, 0.15) is 13.2 Å². The molecule has 0 spiro atoms. The van der Waals surface area contributed by atoms with E-state index in [9.17, 15) is 25.4 Å². The van der Waals surface area contributed by atoms with Gasteiger partial charge in [-0.05, 0) is 62.7 Å². The van der Waals surface area contributed by atoms with Crippen molar-refractivity contribution < 1.29 is 19.1 Å². The average Bonchev–Trinajstić information content (AvgIpc) is 3.11. The summed E-state index contributed by atoms with van der Waals surface area (Å²) in [7, 11) is 0. The first kappa shape index (κ1) is 28.3. The molecule has 0 bridgehead atoms. The molecule has 1 aliphatic carbocycles. The van der Waals surface area contributed by atoms with Crippen LogP contribution >= 0.6 is 0 Å². The smallest absolute Gasteiger partial charge is 0.339 e. The van der Waals surface area contributed by atoms with Gasteiger partial charge >= 0.3 is 11.9 Å². The van der Waals surface area contributed by atoms with E-state index in [1.54, 1.807) is 24.3 Å². The highest BCUT2D eigenvalue weighted by atomic mass is 16.5. The van der Waals surface area contributed by atoms with Crippen LogP contribution in [0.3, 0.4) is 0 Å². The van der Waals surface area contributed by atoms with Gasteiger partial charge in [-0.1, -0.05) is 78.9 Å². The van der Waals surface area contributed by atoms with E-state index < -0.39 is 17.9 Å². The number of nitriles is 3. The van der Waals surface area contributed by atoms with E-state index >= 15 is 0 Å². The SMILES string of the molecule is N#Cc1ccc2c3c1C(C(=O)OCc1ccccc1)CC=c3c1ccc(C#N)c3c(C(=O)OCc4ccccc4)cc(C#N)c2c31. The highest BCUT2D eigenvalue weighted by molar-refractivity contribution is 6.28. The first-order valence-electron chi connectivity index (χ1n) is 14.7. The Hall–Kier alpha value is -6.49. The zero-order valence-electron chi connectivity index (χ0n) is 24.4. The lowest BCUT2D eigenvalue weighted by atomic mass is 9.78. The van der Waals surface area contributed by atoms with Crippen LogP contribution in [0.25, 0.3) is 38.4 Å². The number of esters is 2. The number of ether oxygens (including phenoxy) is 2. The van der Waals surface area contributed by atoms with Crippen LogP contribution in [0, 0.1) is 34.0 Å². The Bertz CT molecular complexity index is 2410. The minimum Gasteiger partial charge on any atom is -0.460 e. The molecule has 6 aromatic carbocycles. The van der Waals surface area contributed by atoms with Gasteiger partial charge in [-0.25, -0.2) is 4.79 Å². The van der Waals surface area contributed by atoms with Crippen LogP contribution in [0.15, 0.2) is 91.0 Å². The molecule has 1 aliphatic rings. The molecule has 7 nitrogen and oxygen atoms in total. The molecule has 0 saturated heterocycles. The monoisotopic (exact) mass is 597 g/mol. The summed E-state index contributed by atoms with van der Waals surface area (Å²) >= 11 is 0. The topological polar surface area (TPSA) is 124 Å². The minimum atomic E-state index is -0.731. The van der Waals surface area contributed by atoms with Crippen LogP contribution < -0.4 is 5.22 Å². The number of benzene rings is 6. The van der Waals surface area contributed by atoms with Crippen LogP contribution in [0.4, 0.5) is 0 Å². The summed E-state index contributed by atoms with van der Waals surface area (Å²) in [5.74, 6) is -1.83. The second-order valence-corrected chi connectivity index (χ2v) is 11.1. The first-order chi connectivity index (χ1) is 22.5. The van der Waals surface area contributed by atoms with Gasteiger partial charge < -0.3 is 9.47 Å². The molecule has 0 radical (unpaired) electrons. The summed E-state index contributed by atoms with van der Waals surface area (Å²) in [5, 5.41) is 35.0. The van der Waals surface area contributed by atoms with E-state index in [-0.39, 0.29) is 36.3 Å². The van der Waals surface area contributed by atoms with Crippen molar-refractivity contribution in [3.8, 4) is 18.2 Å². The number of nitrogens with zero attached hydrogens (tertiary/aromatic N) is 3. The third kappa shape index (κ3) is 4.58. The number of carbonyl (C=O) groups excluding carboxylic acids is 2. The fraction of sp³-hybridized carbons (Fsp3) is 0.103. The molecule has 1 atom stereocenters. The summed E-state index contributed by atoms with van der Waals surface area (Å²) in [6, 6.07) is 33.7. The third-order valence-electron chi connectivity index (χ3n) is 8.57. The Labute approximate surface area is 263 Å². The van der Waals surface area contributed by atoms with E-state index in [0.717, 1.165) is 16.3 Å². The molecule has 0 N–H and O–H groups in total. The van der Waals surface area contributed by atoms with E-state index in [0.29, 0.717) is 43.4 Å². The van der Waals surface area contributed by atoms with Crippen molar-refractivity contribution in [1.29, 1.82) is 15.8 Å². The van der Waals surface area contributed by atoms with Gasteiger partial charge in [0.2, 0.25) is 0 Å². The van der Waals surface area contributed by atoms with Crippen LogP contribution in [-0.2, 0) is 27.5 Å². The van der Waals surface area contributed by atoms with Crippen molar-refractivity contribution >= 4 is 50.3 Å². The lowest BCUT2D eigenvalue weighted by Gasteiger charge is -2.25. The van der Waals surface area contributed by atoms with Crippen LogP contribution in [0.2, 0.25) is 0 Å². The summed E-state index contributed by atoms with van der Waals surface area (Å²) in [4.78, 5) is 27.1. The second-order valence-electron chi connectivity index (χ2n) is 11.1. The molecular formula is C39H23N3O4. The number of fused-ring (bicyclic) bond motifs is 2. The molecule has 0 saturated carbocycles. The van der Waals surface area contributed by atoms with E-state index in [2.05, 4.69) is 18.2 Å². The minimum absolute atomic E-state index is 0.0302. The van der Waals surface area contributed by atoms with Crippen molar-refractivity contribution in [2.24, 2.45) is 0 Å². The first-order valence-corrected chi connectivity index (χ1v) is 14.7. The summed E-state index contributed by atoms with van der Waals surface area (Å²) in [5.41, 5.74) is 3.17. The molecule has 7 heteroatoms. The van der Waals surface area contributed by atoms with Gasteiger partial charge in [0, 0.05) is 16.2 Å². The molecule has 0 heterocycles. The maximum absolute atomic E-state index is 13.6. The number of carbonyl (C=O) groups is 2. The van der Waals surface area contributed by atoms with E-state index in [1.165, 1.54) is 6.07 Å². The maximum atomic E-state index is 13.6. The summed E-state index contributed by atoms with van der Waals surface area (Å²) < 4.78 is 11.4. The molecule has 7 rings (SSSR count). The highest BCUT2D eigenvalue weighted by Crippen LogP contribution is 2.42. The number of rotatable bonds is 6. The molecular weight excluding hydrogens is 574 g/mol. The molecule has 0 amide bonds. The zero-order chi connectivity index (χ0) is 31.8. The normalized spacial score (nSPS) is 13.4. The van der Waals surface area contributed by atoms with Crippen LogP contribution in [0.1, 0.15) is 56.1 Å². The third-order valence-corrected chi connectivity index (χ3v) is 8.57. The van der Waals surface area contributed by atoms with E-state index in [4.69, 9.17) is 9.47 Å². The molecule has 6 aromatic rings. The quantitative estimate of drug-likeness (QED) is 0.117. The fourth-order valence-corrected chi connectivity index (χ4v) is 6.53. The Balaban J connectivity index is 1.45. The van der Waals surface area contributed by atoms with Crippen LogP contribution in [-0.4, -0.2) is 11.9 Å². The fourth-order valence-electron chi connectivity index (χ4n) is 6.53. The molecule has 0 aromatic heterocycles. The Morgan fingerprint density at radius 3 is 1.91 bits per heavy atom. The molecule has 46 heavy (non-hydrogen) atoms. The van der Waals surface area contributed by atoms with E-state index in [1.807, 2.05) is 66.7 Å². The number of hydrogen-bond acceptors (Lipinski definition) is 7. The zero-order valence-corrected chi connectivity index (χ0v) is 24.4. The van der Waals surface area contributed by atoms with Crippen molar-refractivity contribution in [2.75, 3.05) is 0 Å². The van der Waals surface area contributed by atoms with Gasteiger partial charge in [-0.2, -0.15) is 15.8 Å². The predicted molar refractivity (Wildman–Crippen MR) is 172 cm³/mol. The Morgan fingerprint density at radius 2 is 1.26 bits per heavy atom. The Kier molecular flexibility index (Phi) is 7.10. The molecule has 1 unspecified atom stereocenters. The highest BCUT2D eigenvalue weighted by Gasteiger charge is 2.32. The lowest BCUT2D eigenvalue weighted by molar-refractivity contribution is -0.146. The van der Waals surface area contributed by atoms with Crippen molar-refractivity contribution in [3.05, 3.63) is 135 Å². The largest absolute Gasteiger partial charge is 0.460 e. The van der Waals surface area contributed by atoms with Crippen molar-refractivity contribution in [3.63, 3.8) is 0 Å². The maximum Gasteiger partial charge on any atom is 0.339 e. The predicted octanol–water partition coefficient (Wildman–Crippen LogP) is 6.85. The summed E-state index contributed by atoms with van der Waals surface area (Å²) in [6.45, 7) is 0.132. The summed E-state index contributed by atoms with van der Waals surface area (Å²) in [6.07, 6.45) is 2.23. The molecule has 0 fully saturated rings. The van der Waals surface area contributed by atoms with Gasteiger partial charge in [0.15, 0.2) is 0 Å².